The molecule has 0 rings (SSSR count). The SMILES string of the molecule is CCCCCCCCCCCCC(O)(CC(=O)S)C(=O)S. The zero-order valence-electron chi connectivity index (χ0n) is 13.1. The zero-order chi connectivity index (χ0) is 16.1. The normalized spacial score (nSPS) is 13.9. The molecule has 1 atom stereocenters. The first-order chi connectivity index (χ1) is 9.92. The van der Waals surface area contributed by atoms with Crippen LogP contribution in [0.15, 0.2) is 0 Å². The molecule has 3 nitrogen and oxygen atoms in total. The average molecular weight is 335 g/mol. The molecule has 0 radical (unpaired) electrons. The number of hydrogen-bond acceptors (Lipinski definition) is 3. The Balaban J connectivity index is 3.64. The van der Waals surface area contributed by atoms with Gasteiger partial charge in [-0.05, 0) is 6.42 Å². The summed E-state index contributed by atoms with van der Waals surface area (Å²) in [5.41, 5.74) is -1.64. The van der Waals surface area contributed by atoms with E-state index in [9.17, 15) is 14.7 Å². The van der Waals surface area contributed by atoms with E-state index >= 15 is 0 Å². The highest BCUT2D eigenvalue weighted by Gasteiger charge is 2.34. The molecule has 0 aromatic carbocycles. The quantitative estimate of drug-likeness (QED) is 0.327. The van der Waals surface area contributed by atoms with Crippen LogP contribution in [0, 0.1) is 0 Å². The van der Waals surface area contributed by atoms with E-state index in [1.165, 1.54) is 44.9 Å². The van der Waals surface area contributed by atoms with Gasteiger partial charge in [0.15, 0.2) is 5.12 Å². The molecule has 5 heteroatoms. The lowest BCUT2D eigenvalue weighted by Gasteiger charge is -2.22. The van der Waals surface area contributed by atoms with Crippen LogP contribution in [-0.2, 0) is 9.59 Å². The maximum absolute atomic E-state index is 11.3. The van der Waals surface area contributed by atoms with Gasteiger partial charge in [-0.15, -0.1) is 25.3 Å². The molecule has 21 heavy (non-hydrogen) atoms. The van der Waals surface area contributed by atoms with Crippen LogP contribution in [0.1, 0.15) is 84.0 Å². The predicted molar refractivity (Wildman–Crippen MR) is 94.0 cm³/mol. The zero-order valence-corrected chi connectivity index (χ0v) is 14.9. The van der Waals surface area contributed by atoms with Crippen LogP contribution in [0.4, 0.5) is 0 Å². The molecule has 0 bridgehead atoms. The lowest BCUT2D eigenvalue weighted by molar-refractivity contribution is -0.133. The molecule has 0 aliphatic heterocycles. The van der Waals surface area contributed by atoms with Gasteiger partial charge in [-0.2, -0.15) is 0 Å². The van der Waals surface area contributed by atoms with Crippen molar-refractivity contribution in [2.75, 3.05) is 0 Å². The highest BCUT2D eigenvalue weighted by Crippen LogP contribution is 2.23. The Morgan fingerprint density at radius 1 is 0.857 bits per heavy atom. The van der Waals surface area contributed by atoms with Gasteiger partial charge < -0.3 is 5.11 Å². The third kappa shape index (κ3) is 11.2. The second-order valence-corrected chi connectivity index (χ2v) is 6.74. The van der Waals surface area contributed by atoms with Crippen molar-refractivity contribution in [3.05, 3.63) is 0 Å². The molecule has 1 unspecified atom stereocenters. The summed E-state index contributed by atoms with van der Waals surface area (Å²) in [6.07, 6.45) is 11.9. The molecule has 0 aromatic heterocycles. The van der Waals surface area contributed by atoms with E-state index in [-0.39, 0.29) is 12.8 Å². The van der Waals surface area contributed by atoms with Crippen molar-refractivity contribution in [3.8, 4) is 0 Å². The largest absolute Gasteiger partial charge is 0.381 e. The van der Waals surface area contributed by atoms with E-state index in [0.717, 1.165) is 19.3 Å². The van der Waals surface area contributed by atoms with Gasteiger partial charge >= 0.3 is 0 Å². The van der Waals surface area contributed by atoms with Crippen molar-refractivity contribution in [3.63, 3.8) is 0 Å². The molecule has 0 heterocycles. The Morgan fingerprint density at radius 2 is 1.29 bits per heavy atom. The summed E-state index contributed by atoms with van der Waals surface area (Å²) >= 11 is 7.30. The molecule has 124 valence electrons. The van der Waals surface area contributed by atoms with Crippen LogP contribution >= 0.6 is 25.3 Å². The Labute approximate surface area is 140 Å². The van der Waals surface area contributed by atoms with Gasteiger partial charge in [-0.3, -0.25) is 9.59 Å². The van der Waals surface area contributed by atoms with Gasteiger partial charge in [0.2, 0.25) is 5.12 Å². The molecule has 0 spiro atoms. The Morgan fingerprint density at radius 3 is 1.67 bits per heavy atom. The molecule has 0 amide bonds. The maximum Gasteiger partial charge on any atom is 0.217 e. The summed E-state index contributed by atoms with van der Waals surface area (Å²) < 4.78 is 0. The number of unbranched alkanes of at least 4 members (excludes halogenated alkanes) is 9. The van der Waals surface area contributed by atoms with Gasteiger partial charge in [0.1, 0.15) is 5.60 Å². The fraction of sp³-hybridized carbons (Fsp3) is 0.875. The van der Waals surface area contributed by atoms with Crippen LogP contribution in [-0.4, -0.2) is 20.9 Å². The third-order valence-corrected chi connectivity index (χ3v) is 4.36. The fourth-order valence-electron chi connectivity index (χ4n) is 2.43. The van der Waals surface area contributed by atoms with Gasteiger partial charge in [0, 0.05) is 0 Å². The number of aliphatic hydroxyl groups is 1. The van der Waals surface area contributed by atoms with Gasteiger partial charge in [-0.25, -0.2) is 0 Å². The summed E-state index contributed by atoms with van der Waals surface area (Å²) in [5.74, 6) is 0. The predicted octanol–water partition coefficient (Wildman–Crippen LogP) is 4.33. The van der Waals surface area contributed by atoms with Gasteiger partial charge in [0.05, 0.1) is 6.42 Å². The summed E-state index contributed by atoms with van der Waals surface area (Å²) in [7, 11) is 0. The lowest BCUT2D eigenvalue weighted by atomic mass is 9.94. The van der Waals surface area contributed by atoms with Crippen molar-refractivity contribution in [2.24, 2.45) is 0 Å². The van der Waals surface area contributed by atoms with Crippen molar-refractivity contribution < 1.29 is 14.7 Å². The van der Waals surface area contributed by atoms with Crippen LogP contribution < -0.4 is 0 Å². The first kappa shape index (κ1) is 21.0. The third-order valence-electron chi connectivity index (χ3n) is 3.79. The number of thiol groups is 2. The molecule has 0 saturated heterocycles. The molecular weight excluding hydrogens is 304 g/mol. The molecule has 0 fully saturated rings. The lowest BCUT2D eigenvalue weighted by Crippen LogP contribution is -2.37. The number of carbonyl (C=O) groups is 2. The summed E-state index contributed by atoms with van der Waals surface area (Å²) in [6, 6.07) is 0. The number of carbonyl (C=O) groups excluding carboxylic acids is 2. The minimum atomic E-state index is -1.64. The molecule has 0 aliphatic rings. The highest BCUT2D eigenvalue weighted by atomic mass is 32.1. The molecule has 0 aromatic rings. The van der Waals surface area contributed by atoms with Crippen LogP contribution in [0.3, 0.4) is 0 Å². The highest BCUT2D eigenvalue weighted by molar-refractivity contribution is 7.97. The molecular formula is C16H30O3S2. The van der Waals surface area contributed by atoms with E-state index in [4.69, 9.17) is 0 Å². The Bertz CT molecular complexity index is 308. The van der Waals surface area contributed by atoms with E-state index in [1.807, 2.05) is 0 Å². The fourth-order valence-corrected chi connectivity index (χ4v) is 2.88. The van der Waals surface area contributed by atoms with Crippen molar-refractivity contribution in [1.82, 2.24) is 0 Å². The second-order valence-electron chi connectivity index (χ2n) is 5.84. The van der Waals surface area contributed by atoms with Crippen molar-refractivity contribution >= 4 is 35.5 Å². The van der Waals surface area contributed by atoms with Crippen LogP contribution in [0.25, 0.3) is 0 Å². The first-order valence-corrected chi connectivity index (χ1v) is 8.99. The molecule has 0 saturated carbocycles. The topological polar surface area (TPSA) is 54.4 Å². The first-order valence-electron chi connectivity index (χ1n) is 8.10. The maximum atomic E-state index is 11.3. The Kier molecular flexibility index (Phi) is 12.5. The number of rotatable bonds is 14. The molecule has 1 N–H and O–H groups in total. The average Bonchev–Trinajstić information content (AvgIpc) is 2.40. The molecule has 0 aliphatic carbocycles. The van der Waals surface area contributed by atoms with E-state index in [0.29, 0.717) is 0 Å². The summed E-state index contributed by atoms with van der Waals surface area (Å²) in [4.78, 5) is 22.3. The monoisotopic (exact) mass is 334 g/mol. The minimum Gasteiger partial charge on any atom is -0.381 e. The number of hydrogen-bond donors (Lipinski definition) is 3. The van der Waals surface area contributed by atoms with Crippen LogP contribution in [0.2, 0.25) is 0 Å². The van der Waals surface area contributed by atoms with Crippen molar-refractivity contribution in [1.29, 1.82) is 0 Å². The van der Waals surface area contributed by atoms with E-state index in [1.54, 1.807) is 0 Å². The Hall–Kier alpha value is -0.0000000000000000555. The second kappa shape index (κ2) is 12.5. The smallest absolute Gasteiger partial charge is 0.217 e. The summed E-state index contributed by atoms with van der Waals surface area (Å²) in [6.45, 7) is 2.22. The standard InChI is InChI=1S/C16H30O3S2/c1-2-3-4-5-6-7-8-9-10-11-12-16(19,15(18)21)13-14(17)20/h19H,2-13H2,1H3,(H,17,20)(H,18,21). The van der Waals surface area contributed by atoms with Crippen molar-refractivity contribution in [2.45, 2.75) is 89.6 Å². The minimum absolute atomic E-state index is 0.254. The van der Waals surface area contributed by atoms with Gasteiger partial charge in [0.25, 0.3) is 0 Å². The summed E-state index contributed by atoms with van der Waals surface area (Å²) in [5, 5.41) is 8.97. The van der Waals surface area contributed by atoms with E-state index in [2.05, 4.69) is 32.2 Å². The van der Waals surface area contributed by atoms with E-state index < -0.39 is 15.8 Å². The van der Waals surface area contributed by atoms with Crippen LogP contribution in [0.5, 0.6) is 0 Å². The van der Waals surface area contributed by atoms with Gasteiger partial charge in [-0.1, -0.05) is 71.1 Å².